The Morgan fingerprint density at radius 1 is 1.24 bits per heavy atom. The number of nitrogens with zero attached hydrogens (tertiary/aromatic N) is 2. The van der Waals surface area contributed by atoms with Crippen molar-refractivity contribution in [3.8, 4) is 5.69 Å². The first kappa shape index (κ1) is 13.3. The quantitative estimate of drug-likeness (QED) is 0.749. The predicted molar refractivity (Wildman–Crippen MR) is 83.4 cm³/mol. The molecule has 4 nitrogen and oxygen atoms in total. The van der Waals surface area contributed by atoms with Gasteiger partial charge in [0.05, 0.1) is 11.9 Å². The van der Waals surface area contributed by atoms with Crippen LogP contribution in [-0.2, 0) is 4.79 Å². The van der Waals surface area contributed by atoms with Crippen molar-refractivity contribution in [1.29, 1.82) is 0 Å². The van der Waals surface area contributed by atoms with Gasteiger partial charge < -0.3 is 9.67 Å². The molecule has 0 saturated heterocycles. The molecule has 0 bridgehead atoms. The van der Waals surface area contributed by atoms with Crippen LogP contribution in [0.2, 0.25) is 0 Å². The van der Waals surface area contributed by atoms with Crippen LogP contribution >= 0.6 is 11.3 Å². The number of aliphatic carboxylic acids is 1. The molecule has 0 fully saturated rings. The van der Waals surface area contributed by atoms with Crippen molar-refractivity contribution in [1.82, 2.24) is 9.55 Å². The lowest BCUT2D eigenvalue weighted by atomic mass is 10.1. The zero-order chi connectivity index (χ0) is 14.7. The second kappa shape index (κ2) is 5.76. The molecule has 0 unspecified atom stereocenters. The Balaban J connectivity index is 1.93. The minimum absolute atomic E-state index is 0.306. The largest absolute Gasteiger partial charge is 0.478 e. The van der Waals surface area contributed by atoms with E-state index in [9.17, 15) is 9.90 Å². The Kier molecular flexibility index (Phi) is 3.66. The van der Waals surface area contributed by atoms with E-state index in [4.69, 9.17) is 0 Å². The minimum Gasteiger partial charge on any atom is -0.478 e. The van der Waals surface area contributed by atoms with Crippen LogP contribution in [0, 0.1) is 0 Å². The first-order valence-corrected chi connectivity index (χ1v) is 7.19. The highest BCUT2D eigenvalue weighted by molar-refractivity contribution is 7.11. The van der Waals surface area contributed by atoms with Gasteiger partial charge >= 0.3 is 5.97 Å². The van der Waals surface area contributed by atoms with Crippen LogP contribution in [0.15, 0.2) is 60.5 Å². The summed E-state index contributed by atoms with van der Waals surface area (Å²) in [5.41, 5.74) is 2.14. The van der Waals surface area contributed by atoms with Gasteiger partial charge in [-0.05, 0) is 35.2 Å². The zero-order valence-corrected chi connectivity index (χ0v) is 11.8. The summed E-state index contributed by atoms with van der Waals surface area (Å²) in [6.45, 7) is 0. The van der Waals surface area contributed by atoms with Gasteiger partial charge in [-0.25, -0.2) is 9.78 Å². The molecule has 0 spiro atoms. The number of aromatic nitrogens is 2. The molecular formula is C16H12N2O2S. The van der Waals surface area contributed by atoms with Crippen molar-refractivity contribution in [2.45, 2.75) is 0 Å². The topological polar surface area (TPSA) is 55.1 Å². The second-order valence-corrected chi connectivity index (χ2v) is 5.35. The van der Waals surface area contributed by atoms with Crippen molar-refractivity contribution >= 4 is 29.0 Å². The minimum atomic E-state index is -0.920. The molecule has 5 heteroatoms. The highest BCUT2D eigenvalue weighted by atomic mass is 32.1. The predicted octanol–water partition coefficient (Wildman–Crippen LogP) is 3.56. The average Bonchev–Trinajstić information content (AvgIpc) is 3.18. The summed E-state index contributed by atoms with van der Waals surface area (Å²) >= 11 is 1.42. The summed E-state index contributed by atoms with van der Waals surface area (Å²) in [5, 5.41) is 11.2. The van der Waals surface area contributed by atoms with Gasteiger partial charge in [-0.3, -0.25) is 0 Å². The van der Waals surface area contributed by atoms with E-state index < -0.39 is 5.97 Å². The molecule has 0 aliphatic rings. The number of rotatable bonds is 4. The summed E-state index contributed by atoms with van der Waals surface area (Å²) in [4.78, 5) is 16.1. The maximum Gasteiger partial charge on any atom is 0.337 e. The van der Waals surface area contributed by atoms with Gasteiger partial charge in [-0.15, -0.1) is 11.3 Å². The average molecular weight is 296 g/mol. The molecule has 2 heterocycles. The molecule has 1 N–H and O–H groups in total. The molecule has 0 aliphatic heterocycles. The Hall–Kier alpha value is -2.66. The van der Waals surface area contributed by atoms with Crippen molar-refractivity contribution in [2.24, 2.45) is 0 Å². The highest BCUT2D eigenvalue weighted by Gasteiger charge is 2.11. The Morgan fingerprint density at radius 3 is 2.62 bits per heavy atom. The van der Waals surface area contributed by atoms with Crippen LogP contribution in [0.5, 0.6) is 0 Å². The first-order valence-electron chi connectivity index (χ1n) is 6.31. The van der Waals surface area contributed by atoms with E-state index in [2.05, 4.69) is 4.98 Å². The summed E-state index contributed by atoms with van der Waals surface area (Å²) in [6, 6.07) is 11.3. The molecule has 0 saturated carbocycles. The Morgan fingerprint density at radius 2 is 2.05 bits per heavy atom. The molecule has 3 rings (SSSR count). The molecule has 21 heavy (non-hydrogen) atoms. The van der Waals surface area contributed by atoms with Gasteiger partial charge in [0.15, 0.2) is 0 Å². The zero-order valence-electron chi connectivity index (χ0n) is 11.0. The SMILES string of the molecule is O=C(O)/C(=C\c1ccc(-n2ccnc2)cc1)c1cccs1. The van der Waals surface area contributed by atoms with Gasteiger partial charge in [0, 0.05) is 23.0 Å². The molecule has 0 radical (unpaired) electrons. The van der Waals surface area contributed by atoms with Crippen LogP contribution in [-0.4, -0.2) is 20.6 Å². The van der Waals surface area contributed by atoms with E-state index in [0.717, 1.165) is 16.1 Å². The fourth-order valence-electron chi connectivity index (χ4n) is 1.99. The van der Waals surface area contributed by atoms with Crippen LogP contribution in [0.1, 0.15) is 10.4 Å². The Bertz CT molecular complexity index is 757. The molecule has 0 aliphatic carbocycles. The molecule has 3 aromatic rings. The van der Waals surface area contributed by atoms with Crippen molar-refractivity contribution in [3.05, 3.63) is 70.9 Å². The summed E-state index contributed by atoms with van der Waals surface area (Å²) in [6.07, 6.45) is 6.98. The lowest BCUT2D eigenvalue weighted by Gasteiger charge is -2.03. The third kappa shape index (κ3) is 2.93. The van der Waals surface area contributed by atoms with E-state index in [-0.39, 0.29) is 0 Å². The van der Waals surface area contributed by atoms with E-state index in [1.807, 2.05) is 52.5 Å². The van der Waals surface area contributed by atoms with Crippen LogP contribution < -0.4 is 0 Å². The number of carboxylic acid groups (broad SMARTS) is 1. The maximum absolute atomic E-state index is 11.4. The van der Waals surface area contributed by atoms with Crippen LogP contribution in [0.3, 0.4) is 0 Å². The number of hydrogen-bond acceptors (Lipinski definition) is 3. The highest BCUT2D eigenvalue weighted by Crippen LogP contribution is 2.23. The van der Waals surface area contributed by atoms with Gasteiger partial charge in [-0.2, -0.15) is 0 Å². The molecule has 2 aromatic heterocycles. The molecular weight excluding hydrogens is 284 g/mol. The van der Waals surface area contributed by atoms with E-state index in [1.54, 1.807) is 18.6 Å². The van der Waals surface area contributed by atoms with E-state index in [0.29, 0.717) is 5.57 Å². The van der Waals surface area contributed by atoms with Gasteiger partial charge in [0.2, 0.25) is 0 Å². The van der Waals surface area contributed by atoms with Crippen molar-refractivity contribution < 1.29 is 9.90 Å². The fraction of sp³-hybridized carbons (Fsp3) is 0. The monoisotopic (exact) mass is 296 g/mol. The van der Waals surface area contributed by atoms with Crippen LogP contribution in [0.25, 0.3) is 17.3 Å². The summed E-state index contributed by atoms with van der Waals surface area (Å²) in [7, 11) is 0. The van der Waals surface area contributed by atoms with Crippen molar-refractivity contribution in [3.63, 3.8) is 0 Å². The summed E-state index contributed by atoms with van der Waals surface area (Å²) in [5.74, 6) is -0.920. The third-order valence-electron chi connectivity index (χ3n) is 3.02. The lowest BCUT2D eigenvalue weighted by Crippen LogP contribution is -1.97. The number of carboxylic acids is 1. The van der Waals surface area contributed by atoms with Gasteiger partial charge in [0.1, 0.15) is 0 Å². The molecule has 0 amide bonds. The molecule has 0 atom stereocenters. The first-order chi connectivity index (χ1) is 10.2. The molecule has 104 valence electrons. The lowest BCUT2D eigenvalue weighted by molar-refractivity contribution is -0.130. The number of hydrogen-bond donors (Lipinski definition) is 1. The Labute approximate surface area is 125 Å². The maximum atomic E-state index is 11.4. The van der Waals surface area contributed by atoms with E-state index >= 15 is 0 Å². The summed E-state index contributed by atoms with van der Waals surface area (Å²) < 4.78 is 1.89. The second-order valence-electron chi connectivity index (χ2n) is 4.40. The number of benzene rings is 1. The van der Waals surface area contributed by atoms with Crippen molar-refractivity contribution in [2.75, 3.05) is 0 Å². The third-order valence-corrected chi connectivity index (χ3v) is 3.93. The van der Waals surface area contributed by atoms with Gasteiger partial charge in [0.25, 0.3) is 0 Å². The standard InChI is InChI=1S/C16H12N2O2S/c19-16(20)14(15-2-1-9-21-15)10-12-3-5-13(6-4-12)18-8-7-17-11-18/h1-11H,(H,19,20)/b14-10-. The number of imidazole rings is 1. The van der Waals surface area contributed by atoms with E-state index in [1.165, 1.54) is 11.3 Å². The van der Waals surface area contributed by atoms with Gasteiger partial charge in [-0.1, -0.05) is 18.2 Å². The smallest absolute Gasteiger partial charge is 0.337 e. The van der Waals surface area contributed by atoms with Crippen LogP contribution in [0.4, 0.5) is 0 Å². The number of carbonyl (C=O) groups is 1. The normalized spacial score (nSPS) is 11.5. The number of thiophene rings is 1. The molecule has 1 aromatic carbocycles. The fourth-order valence-corrected chi connectivity index (χ4v) is 2.73.